The number of hydrogen-bond donors (Lipinski definition) is 1. The highest BCUT2D eigenvalue weighted by atomic mass is 32.2. The third-order valence-electron chi connectivity index (χ3n) is 4.57. The molecule has 0 bridgehead atoms. The molecule has 3 rings (SSSR count). The molecule has 1 aromatic heterocycles. The van der Waals surface area contributed by atoms with E-state index in [0.717, 1.165) is 37.8 Å². The minimum Gasteiger partial charge on any atom is -0.279 e. The smallest absolute Gasteiger partial charge is 0.265 e. The van der Waals surface area contributed by atoms with E-state index >= 15 is 0 Å². The molecule has 8 heteroatoms. The summed E-state index contributed by atoms with van der Waals surface area (Å²) in [7, 11) is -3.99. The topological polar surface area (TPSA) is 64.0 Å². The summed E-state index contributed by atoms with van der Waals surface area (Å²) < 4.78 is 56.4. The van der Waals surface area contributed by atoms with Gasteiger partial charge in [0.25, 0.3) is 10.0 Å². The number of halogens is 2. The number of aromatic nitrogens is 2. The SMILES string of the molecule is CC(C)(C)c1nn(C2CCCC2)cc1S(=O)(=O)Nc1ccc(F)c(F)c1. The molecule has 142 valence electrons. The standard InChI is InChI=1S/C18H23F2N3O2S/c1-18(2,3)17-16(11-23(21-17)13-6-4-5-7-13)26(24,25)22-12-8-9-14(19)15(20)10-12/h8-11,13,22H,4-7H2,1-3H3. The van der Waals surface area contributed by atoms with Gasteiger partial charge < -0.3 is 0 Å². The highest BCUT2D eigenvalue weighted by Gasteiger charge is 2.32. The summed E-state index contributed by atoms with van der Waals surface area (Å²) in [5, 5.41) is 4.57. The lowest BCUT2D eigenvalue weighted by Gasteiger charge is -2.18. The number of nitrogens with zero attached hydrogens (tertiary/aromatic N) is 2. The summed E-state index contributed by atoms with van der Waals surface area (Å²) in [5.74, 6) is -2.14. The number of nitrogens with one attached hydrogen (secondary N) is 1. The third kappa shape index (κ3) is 3.75. The van der Waals surface area contributed by atoms with Crippen molar-refractivity contribution >= 4 is 15.7 Å². The molecule has 1 heterocycles. The van der Waals surface area contributed by atoms with Crippen molar-refractivity contribution in [3.8, 4) is 0 Å². The average Bonchev–Trinajstić information content (AvgIpc) is 3.18. The Balaban J connectivity index is 2.00. The first-order valence-corrected chi connectivity index (χ1v) is 10.1. The Hall–Kier alpha value is -1.96. The number of hydrogen-bond acceptors (Lipinski definition) is 3. The van der Waals surface area contributed by atoms with E-state index < -0.39 is 27.1 Å². The first-order chi connectivity index (χ1) is 12.1. The fraction of sp³-hybridized carbons (Fsp3) is 0.500. The van der Waals surface area contributed by atoms with Crippen molar-refractivity contribution in [1.29, 1.82) is 0 Å². The molecule has 0 amide bonds. The molecule has 1 aromatic carbocycles. The molecular formula is C18H23F2N3O2S. The lowest BCUT2D eigenvalue weighted by atomic mass is 9.92. The average molecular weight is 383 g/mol. The van der Waals surface area contributed by atoms with Gasteiger partial charge in [-0.15, -0.1) is 0 Å². The predicted octanol–water partition coefficient (Wildman–Crippen LogP) is 4.37. The van der Waals surface area contributed by atoms with Gasteiger partial charge in [-0.25, -0.2) is 17.2 Å². The maximum absolute atomic E-state index is 13.4. The monoisotopic (exact) mass is 383 g/mol. The molecule has 5 nitrogen and oxygen atoms in total. The van der Waals surface area contributed by atoms with Crippen molar-refractivity contribution in [2.75, 3.05) is 4.72 Å². The molecular weight excluding hydrogens is 360 g/mol. The van der Waals surface area contributed by atoms with E-state index in [0.29, 0.717) is 5.69 Å². The van der Waals surface area contributed by atoms with Crippen LogP contribution in [-0.2, 0) is 15.4 Å². The first kappa shape index (κ1) is 18.8. The molecule has 2 aromatic rings. The van der Waals surface area contributed by atoms with Crippen molar-refractivity contribution in [3.05, 3.63) is 41.7 Å². The van der Waals surface area contributed by atoms with Crippen LogP contribution in [0.2, 0.25) is 0 Å². The molecule has 0 radical (unpaired) electrons. The summed E-state index contributed by atoms with van der Waals surface area (Å²) in [6.45, 7) is 5.68. The second kappa shape index (κ2) is 6.64. The number of sulfonamides is 1. The molecule has 0 saturated heterocycles. The van der Waals surface area contributed by atoms with Crippen LogP contribution >= 0.6 is 0 Å². The molecule has 1 N–H and O–H groups in total. The van der Waals surface area contributed by atoms with Gasteiger partial charge in [-0.2, -0.15) is 5.10 Å². The Morgan fingerprint density at radius 3 is 2.38 bits per heavy atom. The van der Waals surface area contributed by atoms with Gasteiger partial charge in [0.2, 0.25) is 0 Å². The molecule has 26 heavy (non-hydrogen) atoms. The molecule has 1 saturated carbocycles. The van der Waals surface area contributed by atoms with E-state index in [2.05, 4.69) is 9.82 Å². The molecule has 1 fully saturated rings. The van der Waals surface area contributed by atoms with Crippen LogP contribution in [0, 0.1) is 11.6 Å². The van der Waals surface area contributed by atoms with Gasteiger partial charge in [-0.3, -0.25) is 9.40 Å². The van der Waals surface area contributed by atoms with Crippen molar-refractivity contribution in [3.63, 3.8) is 0 Å². The molecule has 1 aliphatic rings. The predicted molar refractivity (Wildman–Crippen MR) is 95.6 cm³/mol. The van der Waals surface area contributed by atoms with E-state index in [9.17, 15) is 17.2 Å². The summed E-state index contributed by atoms with van der Waals surface area (Å²) in [6, 6.07) is 3.10. The Labute approximate surface area is 152 Å². The van der Waals surface area contributed by atoms with Crippen LogP contribution in [0.4, 0.5) is 14.5 Å². The van der Waals surface area contributed by atoms with Gasteiger partial charge >= 0.3 is 0 Å². The number of rotatable bonds is 4. The maximum atomic E-state index is 13.4. The fourth-order valence-electron chi connectivity index (χ4n) is 3.22. The van der Waals surface area contributed by atoms with Crippen LogP contribution in [0.3, 0.4) is 0 Å². The second-order valence-electron chi connectivity index (χ2n) is 7.74. The van der Waals surface area contributed by atoms with Crippen LogP contribution in [-0.4, -0.2) is 18.2 Å². The van der Waals surface area contributed by atoms with Gasteiger partial charge in [-0.05, 0) is 25.0 Å². The molecule has 0 spiro atoms. The zero-order valence-corrected chi connectivity index (χ0v) is 15.9. The lowest BCUT2D eigenvalue weighted by Crippen LogP contribution is -2.20. The van der Waals surface area contributed by atoms with Gasteiger partial charge in [0.15, 0.2) is 11.6 Å². The second-order valence-corrected chi connectivity index (χ2v) is 9.40. The van der Waals surface area contributed by atoms with Crippen LogP contribution in [0.25, 0.3) is 0 Å². The van der Waals surface area contributed by atoms with E-state index in [1.165, 1.54) is 6.07 Å². The third-order valence-corrected chi connectivity index (χ3v) is 5.95. The van der Waals surface area contributed by atoms with Crippen LogP contribution in [0.15, 0.2) is 29.3 Å². The Morgan fingerprint density at radius 1 is 1.15 bits per heavy atom. The highest BCUT2D eigenvalue weighted by molar-refractivity contribution is 7.92. The highest BCUT2D eigenvalue weighted by Crippen LogP contribution is 2.34. The van der Waals surface area contributed by atoms with Crippen molar-refractivity contribution in [2.45, 2.75) is 62.8 Å². The Kier molecular flexibility index (Phi) is 4.81. The quantitative estimate of drug-likeness (QED) is 0.852. The summed E-state index contributed by atoms with van der Waals surface area (Å²) in [5.41, 5.74) is -0.0565. The summed E-state index contributed by atoms with van der Waals surface area (Å²) in [6.07, 6.45) is 5.70. The van der Waals surface area contributed by atoms with Crippen molar-refractivity contribution in [1.82, 2.24) is 9.78 Å². The van der Waals surface area contributed by atoms with E-state index in [1.54, 1.807) is 10.9 Å². The van der Waals surface area contributed by atoms with Gasteiger partial charge in [0.05, 0.1) is 17.4 Å². The van der Waals surface area contributed by atoms with Crippen LogP contribution < -0.4 is 4.72 Å². The summed E-state index contributed by atoms with van der Waals surface area (Å²) >= 11 is 0. The first-order valence-electron chi connectivity index (χ1n) is 8.65. The number of benzene rings is 1. The molecule has 0 atom stereocenters. The van der Waals surface area contributed by atoms with Crippen LogP contribution in [0.1, 0.15) is 58.2 Å². The maximum Gasteiger partial charge on any atom is 0.265 e. The largest absolute Gasteiger partial charge is 0.279 e. The van der Waals surface area contributed by atoms with Gasteiger partial charge in [-0.1, -0.05) is 33.6 Å². The van der Waals surface area contributed by atoms with E-state index in [1.807, 2.05) is 20.8 Å². The normalized spacial score (nSPS) is 16.2. The molecule has 1 aliphatic carbocycles. The zero-order chi connectivity index (χ0) is 19.1. The van der Waals surface area contributed by atoms with E-state index in [-0.39, 0.29) is 16.6 Å². The Morgan fingerprint density at radius 2 is 1.81 bits per heavy atom. The van der Waals surface area contributed by atoms with Gasteiger partial charge in [0.1, 0.15) is 4.90 Å². The van der Waals surface area contributed by atoms with Gasteiger partial charge in [0, 0.05) is 17.7 Å². The molecule has 0 unspecified atom stereocenters. The van der Waals surface area contributed by atoms with Crippen LogP contribution in [0.5, 0.6) is 0 Å². The van der Waals surface area contributed by atoms with Crippen molar-refractivity contribution < 1.29 is 17.2 Å². The lowest BCUT2D eigenvalue weighted by molar-refractivity contribution is 0.448. The fourth-order valence-corrected chi connectivity index (χ4v) is 4.61. The number of anilines is 1. The minimum atomic E-state index is -3.99. The summed E-state index contributed by atoms with van der Waals surface area (Å²) in [4.78, 5) is 0.0710. The van der Waals surface area contributed by atoms with E-state index in [4.69, 9.17) is 0 Å². The van der Waals surface area contributed by atoms with Crippen molar-refractivity contribution in [2.24, 2.45) is 0 Å². The molecule has 0 aliphatic heterocycles. The minimum absolute atomic E-state index is 0.0302. The Bertz CT molecular complexity index is 911. The zero-order valence-electron chi connectivity index (χ0n) is 15.1.